The molecule has 0 heterocycles. The van der Waals surface area contributed by atoms with Gasteiger partial charge in [0.15, 0.2) is 12.2 Å². The lowest BCUT2D eigenvalue weighted by Gasteiger charge is -2.21. The van der Waals surface area contributed by atoms with E-state index in [2.05, 4.69) is 41.5 Å². The molecule has 0 aromatic rings. The van der Waals surface area contributed by atoms with Gasteiger partial charge in [0, 0.05) is 25.7 Å². The van der Waals surface area contributed by atoms with Gasteiger partial charge in [-0.05, 0) is 37.5 Å². The number of esters is 4. The minimum Gasteiger partial charge on any atom is -0.462 e. The third-order valence-electron chi connectivity index (χ3n) is 17.0. The van der Waals surface area contributed by atoms with Crippen LogP contribution < -0.4 is 0 Å². The molecule has 0 fully saturated rings. The van der Waals surface area contributed by atoms with Crippen molar-refractivity contribution in [1.82, 2.24) is 0 Å². The number of aliphatic hydroxyl groups excluding tert-OH is 1. The van der Waals surface area contributed by atoms with Gasteiger partial charge in [0.05, 0.1) is 26.4 Å². The van der Waals surface area contributed by atoms with Crippen LogP contribution in [-0.4, -0.2) is 96.7 Å². The van der Waals surface area contributed by atoms with Gasteiger partial charge in [-0.1, -0.05) is 324 Å². The van der Waals surface area contributed by atoms with Gasteiger partial charge in [-0.15, -0.1) is 0 Å². The Morgan fingerprint density at radius 3 is 0.739 bits per heavy atom. The van der Waals surface area contributed by atoms with E-state index in [9.17, 15) is 43.2 Å². The molecular formula is C73H142O17P2. The first-order valence-electron chi connectivity index (χ1n) is 38.0. The summed E-state index contributed by atoms with van der Waals surface area (Å²) < 4.78 is 68.4. The molecule has 3 N–H and O–H groups in total. The molecule has 2 unspecified atom stereocenters. The fraction of sp³-hybridized carbons (Fsp3) is 0.945. The van der Waals surface area contributed by atoms with E-state index in [1.54, 1.807) is 0 Å². The highest BCUT2D eigenvalue weighted by atomic mass is 31.2. The van der Waals surface area contributed by atoms with Gasteiger partial charge in [0.1, 0.15) is 19.3 Å². The van der Waals surface area contributed by atoms with Crippen LogP contribution in [0.5, 0.6) is 0 Å². The number of carbonyl (C=O) groups is 4. The van der Waals surface area contributed by atoms with Crippen molar-refractivity contribution in [3.63, 3.8) is 0 Å². The molecule has 0 saturated heterocycles. The molecule has 0 aromatic heterocycles. The van der Waals surface area contributed by atoms with Crippen molar-refractivity contribution in [2.45, 2.75) is 394 Å². The Labute approximate surface area is 562 Å². The number of phosphoric ester groups is 2. The normalized spacial score (nSPS) is 14.1. The second-order valence-corrected chi connectivity index (χ2v) is 30.2. The van der Waals surface area contributed by atoms with E-state index >= 15 is 0 Å². The van der Waals surface area contributed by atoms with Crippen LogP contribution in [0, 0.1) is 11.8 Å². The third kappa shape index (κ3) is 66.7. The van der Waals surface area contributed by atoms with E-state index in [-0.39, 0.29) is 25.7 Å². The van der Waals surface area contributed by atoms with Crippen LogP contribution in [0.1, 0.15) is 375 Å². The molecule has 5 atom stereocenters. The van der Waals surface area contributed by atoms with Crippen molar-refractivity contribution in [2.75, 3.05) is 39.6 Å². The molecule has 0 spiro atoms. The number of phosphoric acid groups is 2. The molecule has 92 heavy (non-hydrogen) atoms. The van der Waals surface area contributed by atoms with Gasteiger partial charge in [-0.3, -0.25) is 37.3 Å². The van der Waals surface area contributed by atoms with Crippen LogP contribution in [0.3, 0.4) is 0 Å². The van der Waals surface area contributed by atoms with Crippen molar-refractivity contribution in [2.24, 2.45) is 11.8 Å². The smallest absolute Gasteiger partial charge is 0.462 e. The summed E-state index contributed by atoms with van der Waals surface area (Å²) in [7, 11) is -9.90. The zero-order valence-electron chi connectivity index (χ0n) is 59.9. The van der Waals surface area contributed by atoms with Crippen LogP contribution in [0.4, 0.5) is 0 Å². The molecule has 0 amide bonds. The highest BCUT2D eigenvalue weighted by Gasteiger charge is 2.30. The Morgan fingerprint density at radius 2 is 0.500 bits per heavy atom. The Kier molecular flexibility index (Phi) is 63.7. The molecule has 0 radical (unpaired) electrons. The van der Waals surface area contributed by atoms with Gasteiger partial charge in [0.25, 0.3) is 0 Å². The van der Waals surface area contributed by atoms with Crippen LogP contribution >= 0.6 is 15.6 Å². The fourth-order valence-electron chi connectivity index (χ4n) is 11.1. The number of ether oxygens (including phenoxy) is 4. The maximum Gasteiger partial charge on any atom is 0.472 e. The SMILES string of the molecule is CCCCCCCCCCCCCC(=O)O[C@H](COC(=O)CCCCCCCCCCCC)COP(=O)(O)OC[C@H](O)COP(=O)(O)OC[C@@H](COC(=O)CCCCCCCCCCCC(C)C)OC(=O)CCCCCCCCCCCCCCCCCCC(C)C. The minimum absolute atomic E-state index is 0.107. The van der Waals surface area contributed by atoms with Gasteiger partial charge in [-0.25, -0.2) is 9.13 Å². The molecule has 17 nitrogen and oxygen atoms in total. The van der Waals surface area contributed by atoms with Gasteiger partial charge in [0.2, 0.25) is 0 Å². The summed E-state index contributed by atoms with van der Waals surface area (Å²) in [5.74, 6) is -0.567. The van der Waals surface area contributed by atoms with Crippen LogP contribution in [-0.2, 0) is 65.4 Å². The average molecular weight is 1350 g/mol. The minimum atomic E-state index is -4.95. The topological polar surface area (TPSA) is 237 Å². The third-order valence-corrected chi connectivity index (χ3v) is 18.9. The lowest BCUT2D eigenvalue weighted by Crippen LogP contribution is -2.30. The highest BCUT2D eigenvalue weighted by Crippen LogP contribution is 2.45. The van der Waals surface area contributed by atoms with Crippen molar-refractivity contribution in [1.29, 1.82) is 0 Å². The standard InChI is InChI=1S/C73H142O17P2/c1-7-9-11-13-15-17-25-32-39-45-51-57-72(77)89-68(61-83-70(75)55-49-43-37-31-18-16-14-12-10-8-2)63-87-91(79,80)85-59-67(74)60-86-92(81,82)88-64-69(62-84-71(76)56-50-44-38-34-28-30-36-42-48-54-66(5)6)90-73(78)58-52-46-40-33-27-24-22-20-19-21-23-26-29-35-41-47-53-65(3)4/h65-69,74H,7-64H2,1-6H3,(H,79,80)(H,81,82)/t67-,68+,69+/m0/s1. The zero-order valence-corrected chi connectivity index (χ0v) is 61.6. The summed E-state index contributed by atoms with van der Waals surface area (Å²) in [6.07, 6.45) is 51.3. The first-order chi connectivity index (χ1) is 44.4. The average Bonchev–Trinajstić information content (AvgIpc) is 1.68. The second-order valence-electron chi connectivity index (χ2n) is 27.3. The van der Waals surface area contributed by atoms with Crippen LogP contribution in [0.15, 0.2) is 0 Å². The molecule has 0 aliphatic heterocycles. The summed E-state index contributed by atoms with van der Waals surface area (Å²) in [5.41, 5.74) is 0. The largest absolute Gasteiger partial charge is 0.472 e. The second kappa shape index (κ2) is 65.0. The van der Waals surface area contributed by atoms with E-state index in [1.165, 1.54) is 193 Å². The molecule has 0 aliphatic carbocycles. The molecule has 19 heteroatoms. The number of unbranched alkanes of at least 4 members (excludes halogenated alkanes) is 42. The quantitative estimate of drug-likeness (QED) is 0.0222. The molecule has 0 aromatic carbocycles. The maximum absolute atomic E-state index is 13.0. The summed E-state index contributed by atoms with van der Waals surface area (Å²) >= 11 is 0. The molecule has 0 rings (SSSR count). The number of hydrogen-bond acceptors (Lipinski definition) is 15. The Bertz CT molecular complexity index is 1790. The van der Waals surface area contributed by atoms with Crippen LogP contribution in [0.2, 0.25) is 0 Å². The van der Waals surface area contributed by atoms with E-state index in [1.807, 2.05) is 0 Å². The molecule has 546 valence electrons. The molecular weight excluding hydrogens is 1210 g/mol. The maximum atomic E-state index is 13.0. The Balaban J connectivity index is 5.21. The Morgan fingerprint density at radius 1 is 0.293 bits per heavy atom. The molecule has 0 aliphatic rings. The highest BCUT2D eigenvalue weighted by molar-refractivity contribution is 7.47. The van der Waals surface area contributed by atoms with E-state index in [0.29, 0.717) is 25.7 Å². The van der Waals surface area contributed by atoms with E-state index in [0.717, 1.165) is 102 Å². The first kappa shape index (κ1) is 90.1. The summed E-state index contributed by atoms with van der Waals surface area (Å²) in [6, 6.07) is 0. The van der Waals surface area contributed by atoms with Crippen molar-refractivity contribution in [3.8, 4) is 0 Å². The van der Waals surface area contributed by atoms with Crippen molar-refractivity contribution < 1.29 is 80.2 Å². The summed E-state index contributed by atoms with van der Waals surface area (Å²) in [6.45, 7) is 9.57. The van der Waals surface area contributed by atoms with Crippen LogP contribution in [0.25, 0.3) is 0 Å². The number of rotatable bonds is 72. The number of carbonyl (C=O) groups excluding carboxylic acids is 4. The number of hydrogen-bond donors (Lipinski definition) is 3. The first-order valence-corrected chi connectivity index (χ1v) is 41.0. The summed E-state index contributed by atoms with van der Waals surface area (Å²) in [5, 5.41) is 10.6. The predicted octanol–water partition coefficient (Wildman–Crippen LogP) is 21.2. The van der Waals surface area contributed by atoms with Crippen molar-refractivity contribution >= 4 is 39.5 Å². The zero-order chi connectivity index (χ0) is 67.9. The Hall–Kier alpha value is -1.94. The molecule has 0 bridgehead atoms. The fourth-order valence-corrected chi connectivity index (χ4v) is 12.7. The summed E-state index contributed by atoms with van der Waals surface area (Å²) in [4.78, 5) is 72.6. The number of aliphatic hydroxyl groups is 1. The van der Waals surface area contributed by atoms with Gasteiger partial charge in [-0.2, -0.15) is 0 Å². The molecule has 0 saturated carbocycles. The van der Waals surface area contributed by atoms with Gasteiger partial charge < -0.3 is 33.8 Å². The van der Waals surface area contributed by atoms with E-state index < -0.39 is 97.5 Å². The predicted molar refractivity (Wildman–Crippen MR) is 372 cm³/mol. The van der Waals surface area contributed by atoms with Gasteiger partial charge >= 0.3 is 39.5 Å². The van der Waals surface area contributed by atoms with Crippen molar-refractivity contribution in [3.05, 3.63) is 0 Å². The van der Waals surface area contributed by atoms with E-state index in [4.69, 9.17) is 37.0 Å². The lowest BCUT2D eigenvalue weighted by atomic mass is 10.0. The lowest BCUT2D eigenvalue weighted by molar-refractivity contribution is -0.161. The monoisotopic (exact) mass is 1350 g/mol.